The monoisotopic (exact) mass is 466 g/mol. The Bertz CT molecular complexity index is 1250. The number of carboxylic acids is 1. The minimum Gasteiger partial charge on any atom is -0.497 e. The summed E-state index contributed by atoms with van der Waals surface area (Å²) >= 11 is 12.6. The van der Waals surface area contributed by atoms with E-state index in [1.165, 1.54) is 0 Å². The number of rotatable bonds is 7. The third-order valence-electron chi connectivity index (χ3n) is 5.19. The van der Waals surface area contributed by atoms with Crippen LogP contribution in [-0.4, -0.2) is 28.0 Å². The molecule has 1 heterocycles. The van der Waals surface area contributed by atoms with E-state index in [0.29, 0.717) is 21.3 Å². The van der Waals surface area contributed by atoms with E-state index in [2.05, 4.69) is 0 Å². The molecule has 3 aromatic carbocycles. The second-order valence-electron chi connectivity index (χ2n) is 7.26. The molecule has 0 amide bonds. The van der Waals surface area contributed by atoms with Gasteiger partial charge in [0.15, 0.2) is 0 Å². The van der Waals surface area contributed by atoms with Gasteiger partial charge in [-0.15, -0.1) is 0 Å². The molecular formula is C25H20Cl2N2O3. The lowest BCUT2D eigenvalue weighted by Gasteiger charge is -2.11. The molecule has 0 bridgehead atoms. The minimum atomic E-state index is -0.939. The van der Waals surface area contributed by atoms with Crippen LogP contribution in [0.2, 0.25) is 10.0 Å². The van der Waals surface area contributed by atoms with E-state index in [-0.39, 0.29) is 6.42 Å². The van der Waals surface area contributed by atoms with E-state index < -0.39 is 11.9 Å². The topological polar surface area (TPSA) is 64.4 Å². The van der Waals surface area contributed by atoms with E-state index >= 15 is 0 Å². The highest BCUT2D eigenvalue weighted by molar-refractivity contribution is 6.33. The van der Waals surface area contributed by atoms with Gasteiger partial charge >= 0.3 is 5.97 Å². The maximum atomic E-state index is 12.1. The fraction of sp³-hybridized carbons (Fsp3) is 0.120. The summed E-state index contributed by atoms with van der Waals surface area (Å²) in [6.07, 6.45) is 0.205. The summed E-state index contributed by atoms with van der Waals surface area (Å²) in [4.78, 5) is 12.1. The van der Waals surface area contributed by atoms with Gasteiger partial charge in [-0.3, -0.25) is 4.79 Å². The predicted molar refractivity (Wildman–Crippen MR) is 126 cm³/mol. The molecule has 1 atom stereocenters. The zero-order chi connectivity index (χ0) is 22.7. The van der Waals surface area contributed by atoms with Gasteiger partial charge in [0.2, 0.25) is 0 Å². The Hall–Kier alpha value is -3.28. The number of methoxy groups -OCH3 is 1. The normalized spacial score (nSPS) is 11.8. The zero-order valence-corrected chi connectivity index (χ0v) is 18.7. The van der Waals surface area contributed by atoms with Crippen molar-refractivity contribution in [2.45, 2.75) is 12.3 Å². The van der Waals surface area contributed by atoms with Crippen LogP contribution in [0.15, 0.2) is 78.9 Å². The Balaban J connectivity index is 1.79. The number of aromatic nitrogens is 2. The highest BCUT2D eigenvalue weighted by atomic mass is 35.5. The molecule has 1 N–H and O–H groups in total. The van der Waals surface area contributed by atoms with Gasteiger partial charge in [-0.1, -0.05) is 53.5 Å². The van der Waals surface area contributed by atoms with Crippen LogP contribution in [0.1, 0.15) is 17.2 Å². The lowest BCUT2D eigenvalue weighted by atomic mass is 9.94. The first kappa shape index (κ1) is 21.9. The number of carboxylic acid groups (broad SMARTS) is 1. The van der Waals surface area contributed by atoms with E-state index in [9.17, 15) is 9.90 Å². The van der Waals surface area contributed by atoms with Crippen LogP contribution in [0, 0.1) is 0 Å². The molecule has 4 aromatic rings. The molecule has 5 nitrogen and oxygen atoms in total. The Labute approximate surface area is 195 Å². The van der Waals surface area contributed by atoms with Crippen molar-refractivity contribution in [2.24, 2.45) is 0 Å². The molecule has 32 heavy (non-hydrogen) atoms. The van der Waals surface area contributed by atoms with E-state index in [1.54, 1.807) is 36.1 Å². The van der Waals surface area contributed by atoms with Crippen LogP contribution in [0.4, 0.5) is 0 Å². The average Bonchev–Trinajstić information content (AvgIpc) is 3.21. The van der Waals surface area contributed by atoms with Gasteiger partial charge in [0, 0.05) is 22.0 Å². The maximum absolute atomic E-state index is 12.1. The highest BCUT2D eigenvalue weighted by Gasteiger charge is 2.24. The minimum absolute atomic E-state index is 0.205. The third-order valence-corrected chi connectivity index (χ3v) is 5.75. The van der Waals surface area contributed by atoms with Gasteiger partial charge < -0.3 is 9.84 Å². The number of carbonyl (C=O) groups is 1. The van der Waals surface area contributed by atoms with Crippen LogP contribution in [0.3, 0.4) is 0 Å². The van der Waals surface area contributed by atoms with Crippen molar-refractivity contribution < 1.29 is 14.6 Å². The molecule has 162 valence electrons. The molecule has 0 aliphatic heterocycles. The van der Waals surface area contributed by atoms with Crippen LogP contribution in [-0.2, 0) is 11.2 Å². The van der Waals surface area contributed by atoms with Gasteiger partial charge in [-0.05, 0) is 54.1 Å². The molecule has 0 fully saturated rings. The fourth-order valence-electron chi connectivity index (χ4n) is 3.59. The number of halogens is 2. The van der Waals surface area contributed by atoms with Gasteiger partial charge in [0.25, 0.3) is 0 Å². The lowest BCUT2D eigenvalue weighted by Crippen LogP contribution is -2.15. The second-order valence-corrected chi connectivity index (χ2v) is 8.10. The van der Waals surface area contributed by atoms with Crippen molar-refractivity contribution in [2.75, 3.05) is 7.11 Å². The Morgan fingerprint density at radius 2 is 1.78 bits per heavy atom. The standard InChI is InChI=1S/C25H20Cl2N2O3/c1-32-20-11-9-19(10-12-20)29-24(21-7-2-3-8-23(21)27)15-18(28-29)14-22(25(30)31)16-5-4-6-17(26)13-16/h2-13,15,22H,14H2,1H3,(H,30,31). The number of nitrogens with zero attached hydrogens (tertiary/aromatic N) is 2. The summed E-state index contributed by atoms with van der Waals surface area (Å²) in [7, 11) is 1.61. The van der Waals surface area contributed by atoms with Crippen LogP contribution in [0.25, 0.3) is 16.9 Å². The molecule has 0 spiro atoms. The molecule has 1 aromatic heterocycles. The largest absolute Gasteiger partial charge is 0.497 e. The third kappa shape index (κ3) is 4.64. The Morgan fingerprint density at radius 3 is 2.44 bits per heavy atom. The van der Waals surface area contributed by atoms with Crippen molar-refractivity contribution in [1.82, 2.24) is 9.78 Å². The number of hydrogen-bond acceptors (Lipinski definition) is 3. The average molecular weight is 467 g/mol. The summed E-state index contributed by atoms with van der Waals surface area (Å²) < 4.78 is 7.03. The van der Waals surface area contributed by atoms with Crippen LogP contribution in [0.5, 0.6) is 5.75 Å². The molecule has 4 rings (SSSR count). The number of benzene rings is 3. The Kier molecular flexibility index (Phi) is 6.49. The number of ether oxygens (including phenoxy) is 1. The zero-order valence-electron chi connectivity index (χ0n) is 17.2. The number of aliphatic carboxylic acids is 1. The van der Waals surface area contributed by atoms with Crippen LogP contribution < -0.4 is 4.74 Å². The van der Waals surface area contributed by atoms with Crippen molar-refractivity contribution in [3.63, 3.8) is 0 Å². The quantitative estimate of drug-likeness (QED) is 0.348. The molecular weight excluding hydrogens is 447 g/mol. The SMILES string of the molecule is COc1ccc(-n2nc(CC(C(=O)O)c3cccc(Cl)c3)cc2-c2ccccc2Cl)cc1. The van der Waals surface area contributed by atoms with Crippen molar-refractivity contribution in [3.05, 3.63) is 100 Å². The summed E-state index contributed by atoms with van der Waals surface area (Å²) in [6.45, 7) is 0. The highest BCUT2D eigenvalue weighted by Crippen LogP contribution is 2.32. The first-order chi connectivity index (χ1) is 15.5. The molecule has 1 unspecified atom stereocenters. The fourth-order valence-corrected chi connectivity index (χ4v) is 4.02. The van der Waals surface area contributed by atoms with Crippen molar-refractivity contribution >= 4 is 29.2 Å². The maximum Gasteiger partial charge on any atom is 0.311 e. The number of hydrogen-bond donors (Lipinski definition) is 1. The summed E-state index contributed by atoms with van der Waals surface area (Å²) in [5.41, 5.74) is 3.64. The molecule has 0 aliphatic rings. The Morgan fingerprint density at radius 1 is 1.03 bits per heavy atom. The van der Waals surface area contributed by atoms with E-state index in [1.807, 2.05) is 54.6 Å². The predicted octanol–water partition coefficient (Wildman–Crippen LogP) is 6.27. The molecule has 0 radical (unpaired) electrons. The van der Waals surface area contributed by atoms with E-state index in [0.717, 1.165) is 22.7 Å². The molecule has 0 saturated carbocycles. The molecule has 0 aliphatic carbocycles. The van der Waals surface area contributed by atoms with Crippen molar-refractivity contribution in [1.29, 1.82) is 0 Å². The van der Waals surface area contributed by atoms with E-state index in [4.69, 9.17) is 33.0 Å². The summed E-state index contributed by atoms with van der Waals surface area (Å²) in [5, 5.41) is 15.7. The molecule has 0 saturated heterocycles. The van der Waals surface area contributed by atoms with Gasteiger partial charge in [0.1, 0.15) is 5.75 Å². The summed E-state index contributed by atoms with van der Waals surface area (Å²) in [5.74, 6) is -0.995. The first-order valence-electron chi connectivity index (χ1n) is 9.93. The smallest absolute Gasteiger partial charge is 0.311 e. The summed E-state index contributed by atoms with van der Waals surface area (Å²) in [6, 6.07) is 23.8. The molecule has 7 heteroatoms. The lowest BCUT2D eigenvalue weighted by molar-refractivity contribution is -0.138. The first-order valence-corrected chi connectivity index (χ1v) is 10.7. The van der Waals surface area contributed by atoms with Gasteiger partial charge in [-0.25, -0.2) is 4.68 Å². The van der Waals surface area contributed by atoms with Crippen molar-refractivity contribution in [3.8, 4) is 22.7 Å². The van der Waals surface area contributed by atoms with Crippen LogP contribution >= 0.6 is 23.2 Å². The second kappa shape index (κ2) is 9.47. The van der Waals surface area contributed by atoms with Gasteiger partial charge in [0.05, 0.1) is 30.1 Å². The van der Waals surface area contributed by atoms with Gasteiger partial charge in [-0.2, -0.15) is 5.10 Å².